The first-order valence-electron chi connectivity index (χ1n) is 7.03. The van der Waals surface area contributed by atoms with Gasteiger partial charge in [-0.2, -0.15) is 0 Å². The molecule has 2 rings (SSSR count). The predicted molar refractivity (Wildman–Crippen MR) is 85.8 cm³/mol. The van der Waals surface area contributed by atoms with E-state index >= 15 is 0 Å². The number of rotatable bonds is 5. The van der Waals surface area contributed by atoms with Gasteiger partial charge in [0.1, 0.15) is 5.75 Å². The van der Waals surface area contributed by atoms with Crippen molar-refractivity contribution in [2.24, 2.45) is 0 Å². The maximum Gasteiger partial charge on any atom is 0.225 e. The van der Waals surface area contributed by atoms with Crippen LogP contribution in [-0.2, 0) is 14.8 Å². The maximum atomic E-state index is 12.0. The number of ether oxygens (including phenoxy) is 1. The monoisotopic (exact) mass is 346 g/mol. The second kappa shape index (κ2) is 7.30. The number of halogens is 1. The molecule has 0 spiro atoms. The molecule has 1 aromatic carbocycles. The number of anilines is 1. The molecule has 122 valence electrons. The van der Waals surface area contributed by atoms with Crippen molar-refractivity contribution in [2.45, 2.75) is 19.3 Å². The third-order valence-corrected chi connectivity index (χ3v) is 5.67. The maximum absolute atomic E-state index is 12.0. The van der Waals surface area contributed by atoms with E-state index in [4.69, 9.17) is 16.3 Å². The molecule has 1 saturated heterocycles. The lowest BCUT2D eigenvalue weighted by atomic mass is 10.2. The number of methoxy groups -OCH3 is 1. The minimum Gasteiger partial charge on any atom is -0.495 e. The molecule has 1 N–H and O–H groups in total. The molecule has 0 aromatic heterocycles. The summed E-state index contributed by atoms with van der Waals surface area (Å²) in [5.74, 6) is 0.390. The van der Waals surface area contributed by atoms with Crippen LogP contribution in [-0.4, -0.2) is 44.6 Å². The van der Waals surface area contributed by atoms with E-state index in [2.05, 4.69) is 5.32 Å². The van der Waals surface area contributed by atoms with Gasteiger partial charge in [0.2, 0.25) is 15.9 Å². The molecule has 0 radical (unpaired) electrons. The fraction of sp³-hybridized carbons (Fsp3) is 0.500. The molecule has 1 heterocycles. The zero-order valence-electron chi connectivity index (χ0n) is 12.3. The number of nitrogens with one attached hydrogen (secondary N) is 1. The van der Waals surface area contributed by atoms with Gasteiger partial charge in [0.25, 0.3) is 0 Å². The molecule has 0 atom stereocenters. The van der Waals surface area contributed by atoms with Crippen LogP contribution in [0.25, 0.3) is 0 Å². The van der Waals surface area contributed by atoms with Gasteiger partial charge in [-0.25, -0.2) is 12.7 Å². The third-order valence-electron chi connectivity index (χ3n) is 3.48. The summed E-state index contributed by atoms with van der Waals surface area (Å²) in [6.45, 7) is 0.674. The van der Waals surface area contributed by atoms with E-state index in [-0.39, 0.29) is 24.6 Å². The number of carbonyl (C=O) groups is 1. The Morgan fingerprint density at radius 2 is 2.18 bits per heavy atom. The third kappa shape index (κ3) is 4.34. The van der Waals surface area contributed by atoms with Gasteiger partial charge in [-0.15, -0.1) is 0 Å². The lowest BCUT2D eigenvalue weighted by Gasteiger charge is -2.25. The van der Waals surface area contributed by atoms with Gasteiger partial charge in [0.05, 0.1) is 18.6 Å². The highest BCUT2D eigenvalue weighted by Gasteiger charge is 2.25. The highest BCUT2D eigenvalue weighted by atomic mass is 35.5. The first-order valence-corrected chi connectivity index (χ1v) is 9.02. The number of hydrogen-bond donors (Lipinski definition) is 1. The first-order chi connectivity index (χ1) is 10.4. The Bertz CT molecular complexity index is 648. The Hall–Kier alpha value is -1.31. The summed E-state index contributed by atoms with van der Waals surface area (Å²) in [5.41, 5.74) is 0.474. The molecule has 0 saturated carbocycles. The molecular weight excluding hydrogens is 328 g/mol. The Morgan fingerprint density at radius 3 is 2.86 bits per heavy atom. The van der Waals surface area contributed by atoms with E-state index in [9.17, 15) is 13.2 Å². The van der Waals surface area contributed by atoms with Gasteiger partial charge in [-0.3, -0.25) is 4.79 Å². The summed E-state index contributed by atoms with van der Waals surface area (Å²) in [7, 11) is -1.70. The van der Waals surface area contributed by atoms with Crippen LogP contribution in [0.5, 0.6) is 5.75 Å². The Labute approximate surface area is 135 Å². The van der Waals surface area contributed by atoms with E-state index in [1.807, 2.05) is 0 Å². The SMILES string of the molecule is COc1ccc(Cl)cc1NC(=O)CCN1CCCCS1(=O)=O. The van der Waals surface area contributed by atoms with E-state index < -0.39 is 10.0 Å². The topological polar surface area (TPSA) is 75.7 Å². The molecule has 22 heavy (non-hydrogen) atoms. The largest absolute Gasteiger partial charge is 0.495 e. The number of nitrogens with zero attached hydrogens (tertiary/aromatic N) is 1. The van der Waals surface area contributed by atoms with Gasteiger partial charge in [0.15, 0.2) is 0 Å². The highest BCUT2D eigenvalue weighted by Crippen LogP contribution is 2.27. The normalized spacial score (nSPS) is 17.9. The molecule has 8 heteroatoms. The minimum absolute atomic E-state index is 0.0922. The van der Waals surface area contributed by atoms with E-state index in [0.29, 0.717) is 29.4 Å². The minimum atomic E-state index is -3.20. The fourth-order valence-corrected chi connectivity index (χ4v) is 4.08. The lowest BCUT2D eigenvalue weighted by molar-refractivity contribution is -0.116. The van der Waals surface area contributed by atoms with Crippen molar-refractivity contribution in [1.29, 1.82) is 0 Å². The van der Waals surface area contributed by atoms with Crippen molar-refractivity contribution >= 4 is 33.2 Å². The average molecular weight is 347 g/mol. The van der Waals surface area contributed by atoms with Gasteiger partial charge in [-0.05, 0) is 31.0 Å². The van der Waals surface area contributed by atoms with Gasteiger partial charge < -0.3 is 10.1 Å². The molecule has 1 fully saturated rings. The number of carbonyl (C=O) groups excluding carboxylic acids is 1. The van der Waals surface area contributed by atoms with Crippen LogP contribution in [0.3, 0.4) is 0 Å². The van der Waals surface area contributed by atoms with Crippen molar-refractivity contribution in [3.63, 3.8) is 0 Å². The van der Waals surface area contributed by atoms with Crippen LogP contribution < -0.4 is 10.1 Å². The summed E-state index contributed by atoms with van der Waals surface area (Å²) >= 11 is 5.90. The smallest absolute Gasteiger partial charge is 0.225 e. The summed E-state index contributed by atoms with van der Waals surface area (Å²) in [5, 5.41) is 3.18. The molecule has 1 aliphatic rings. The second-order valence-electron chi connectivity index (χ2n) is 5.06. The van der Waals surface area contributed by atoms with E-state index in [0.717, 1.165) is 6.42 Å². The van der Waals surface area contributed by atoms with Crippen molar-refractivity contribution < 1.29 is 17.9 Å². The molecule has 0 aliphatic carbocycles. The van der Waals surface area contributed by atoms with Crippen LogP contribution in [0, 0.1) is 0 Å². The van der Waals surface area contributed by atoms with Crippen molar-refractivity contribution in [2.75, 3.05) is 31.3 Å². The first kappa shape index (κ1) is 17.1. The molecular formula is C14H19ClN2O4S. The van der Waals surface area contributed by atoms with Crippen LogP contribution in [0.15, 0.2) is 18.2 Å². The van der Waals surface area contributed by atoms with Gasteiger partial charge in [0, 0.05) is 24.5 Å². The lowest BCUT2D eigenvalue weighted by Crippen LogP contribution is -2.39. The second-order valence-corrected chi connectivity index (χ2v) is 7.59. The van der Waals surface area contributed by atoms with Crippen LogP contribution in [0.4, 0.5) is 5.69 Å². The molecule has 1 aromatic rings. The van der Waals surface area contributed by atoms with E-state index in [1.54, 1.807) is 18.2 Å². The molecule has 0 bridgehead atoms. The van der Waals surface area contributed by atoms with Crippen molar-refractivity contribution in [1.82, 2.24) is 4.31 Å². The zero-order valence-corrected chi connectivity index (χ0v) is 13.9. The summed E-state index contributed by atoms with van der Waals surface area (Å²) in [4.78, 5) is 12.0. The zero-order chi connectivity index (χ0) is 16.2. The number of amides is 1. The quantitative estimate of drug-likeness (QED) is 0.885. The van der Waals surface area contributed by atoms with Crippen LogP contribution >= 0.6 is 11.6 Å². The number of benzene rings is 1. The summed E-state index contributed by atoms with van der Waals surface area (Å²) < 4.78 is 30.2. The van der Waals surface area contributed by atoms with E-state index in [1.165, 1.54) is 11.4 Å². The highest BCUT2D eigenvalue weighted by molar-refractivity contribution is 7.89. The van der Waals surface area contributed by atoms with Crippen LogP contribution in [0.1, 0.15) is 19.3 Å². The number of hydrogen-bond acceptors (Lipinski definition) is 4. The van der Waals surface area contributed by atoms with Gasteiger partial charge in [-0.1, -0.05) is 11.6 Å². The van der Waals surface area contributed by atoms with Crippen molar-refractivity contribution in [3.05, 3.63) is 23.2 Å². The summed E-state index contributed by atoms with van der Waals surface area (Å²) in [6, 6.07) is 4.92. The predicted octanol–water partition coefficient (Wildman–Crippen LogP) is 2.10. The van der Waals surface area contributed by atoms with Crippen LogP contribution in [0.2, 0.25) is 5.02 Å². The Morgan fingerprint density at radius 1 is 1.41 bits per heavy atom. The average Bonchev–Trinajstić information content (AvgIpc) is 2.46. The summed E-state index contributed by atoms with van der Waals surface area (Å²) in [6.07, 6.45) is 1.61. The Kier molecular flexibility index (Phi) is 5.66. The van der Waals surface area contributed by atoms with Gasteiger partial charge >= 0.3 is 0 Å². The molecule has 6 nitrogen and oxygen atoms in total. The molecule has 0 unspecified atom stereocenters. The van der Waals surface area contributed by atoms with Crippen molar-refractivity contribution in [3.8, 4) is 5.75 Å². The Balaban J connectivity index is 1.95. The number of sulfonamides is 1. The fourth-order valence-electron chi connectivity index (χ4n) is 2.31. The molecule has 1 aliphatic heterocycles. The standard InChI is InChI=1S/C14H19ClN2O4S/c1-21-13-5-4-11(15)10-12(13)16-14(18)6-8-17-7-2-3-9-22(17,19)20/h4-5,10H,2-3,6-9H2,1H3,(H,16,18). The molecule has 1 amide bonds.